The number of benzene rings is 2. The molecule has 0 amide bonds. The maximum absolute atomic E-state index is 12.9. The SMILES string of the molecule is Cc1ccc(C(=O)OC[C@@H]2O[C@@H](Cn3cnc4c3NC=NCC4=O)C[C@@H]2OC(=O)c2ccc(C)cc2)cc1. The Morgan fingerprint density at radius 2 is 1.68 bits per heavy atom. The van der Waals surface area contributed by atoms with E-state index >= 15 is 0 Å². The summed E-state index contributed by atoms with van der Waals surface area (Å²) >= 11 is 0. The molecule has 5 rings (SSSR count). The van der Waals surface area contributed by atoms with E-state index in [0.717, 1.165) is 11.1 Å². The molecule has 3 heterocycles. The lowest BCUT2D eigenvalue weighted by Gasteiger charge is -2.19. The first-order chi connectivity index (χ1) is 18.4. The van der Waals surface area contributed by atoms with Crippen molar-refractivity contribution in [2.75, 3.05) is 18.5 Å². The van der Waals surface area contributed by atoms with E-state index in [9.17, 15) is 14.4 Å². The lowest BCUT2D eigenvalue weighted by Crippen LogP contribution is -2.32. The van der Waals surface area contributed by atoms with Crippen LogP contribution in [-0.4, -0.2) is 65.1 Å². The number of Topliss-reactive ketones (excluding diaryl/α,β-unsaturated/α-hetero) is 1. The van der Waals surface area contributed by atoms with E-state index in [4.69, 9.17) is 14.2 Å². The largest absolute Gasteiger partial charge is 0.459 e. The Bertz CT molecular complexity index is 1360. The number of fused-ring (bicyclic) bond motifs is 1. The molecule has 2 aliphatic heterocycles. The Hall–Kier alpha value is -4.31. The summed E-state index contributed by atoms with van der Waals surface area (Å²) in [5.41, 5.74) is 3.23. The standard InChI is InChI=1S/C28H28N4O6/c1-17-3-7-19(8-4-17)27(34)36-14-24-23(38-28(35)20-9-5-18(2)6-10-20)11-21(37-24)13-32-16-31-25-22(33)12-29-15-30-26(25)32/h3-10,15-16,21,23-24H,11-14H2,1-2H3,(H,29,30)/t21-,23+,24+/m1/s1. The molecule has 196 valence electrons. The molecule has 0 radical (unpaired) electrons. The number of anilines is 1. The molecule has 0 aliphatic carbocycles. The molecular formula is C28H28N4O6. The number of rotatable bonds is 7. The molecule has 2 aromatic carbocycles. The van der Waals surface area contributed by atoms with Crippen molar-refractivity contribution in [3.63, 3.8) is 0 Å². The summed E-state index contributed by atoms with van der Waals surface area (Å²) in [5, 5.41) is 3.00. The zero-order valence-electron chi connectivity index (χ0n) is 21.1. The van der Waals surface area contributed by atoms with Crippen LogP contribution in [0.25, 0.3) is 0 Å². The molecule has 10 heteroatoms. The van der Waals surface area contributed by atoms with Crippen LogP contribution in [0.2, 0.25) is 0 Å². The highest BCUT2D eigenvalue weighted by Gasteiger charge is 2.39. The summed E-state index contributed by atoms with van der Waals surface area (Å²) in [7, 11) is 0. The fourth-order valence-electron chi connectivity index (χ4n) is 4.42. The minimum Gasteiger partial charge on any atom is -0.459 e. The Balaban J connectivity index is 1.30. The lowest BCUT2D eigenvalue weighted by molar-refractivity contribution is -0.0444. The van der Waals surface area contributed by atoms with Crippen molar-refractivity contribution >= 4 is 29.9 Å². The van der Waals surface area contributed by atoms with Gasteiger partial charge in [0.1, 0.15) is 31.2 Å². The zero-order valence-corrected chi connectivity index (χ0v) is 21.1. The van der Waals surface area contributed by atoms with Crippen LogP contribution < -0.4 is 5.32 Å². The molecule has 10 nitrogen and oxygen atoms in total. The first-order valence-electron chi connectivity index (χ1n) is 12.4. The highest BCUT2D eigenvalue weighted by Crippen LogP contribution is 2.28. The highest BCUT2D eigenvalue weighted by atomic mass is 16.6. The smallest absolute Gasteiger partial charge is 0.338 e. The number of carbonyl (C=O) groups is 3. The molecule has 1 aromatic heterocycles. The summed E-state index contributed by atoms with van der Waals surface area (Å²) < 4.78 is 19.4. The second-order valence-electron chi connectivity index (χ2n) is 9.44. The molecular weight excluding hydrogens is 488 g/mol. The van der Waals surface area contributed by atoms with Crippen LogP contribution in [-0.2, 0) is 20.8 Å². The molecule has 0 bridgehead atoms. The van der Waals surface area contributed by atoms with Crippen LogP contribution >= 0.6 is 0 Å². The summed E-state index contributed by atoms with van der Waals surface area (Å²) in [6, 6.07) is 14.2. The molecule has 1 N–H and O–H groups in total. The Labute approximate surface area is 219 Å². The van der Waals surface area contributed by atoms with Crippen molar-refractivity contribution in [2.24, 2.45) is 4.99 Å². The number of hydrogen-bond acceptors (Lipinski definition) is 9. The van der Waals surface area contributed by atoms with Gasteiger partial charge < -0.3 is 24.1 Å². The van der Waals surface area contributed by atoms with Crippen molar-refractivity contribution in [1.29, 1.82) is 0 Å². The molecule has 1 saturated heterocycles. The van der Waals surface area contributed by atoms with E-state index in [1.807, 2.05) is 38.1 Å². The van der Waals surface area contributed by atoms with Gasteiger partial charge in [-0.15, -0.1) is 0 Å². The van der Waals surface area contributed by atoms with Crippen LogP contribution in [0.4, 0.5) is 5.82 Å². The van der Waals surface area contributed by atoms with Gasteiger partial charge in [-0.1, -0.05) is 35.4 Å². The number of ketones is 1. The van der Waals surface area contributed by atoms with Crippen molar-refractivity contribution in [1.82, 2.24) is 9.55 Å². The molecule has 0 unspecified atom stereocenters. The number of esters is 2. The Kier molecular flexibility index (Phi) is 7.32. The van der Waals surface area contributed by atoms with E-state index < -0.39 is 24.1 Å². The molecule has 1 fully saturated rings. The van der Waals surface area contributed by atoms with Crippen LogP contribution in [0.1, 0.15) is 48.8 Å². The van der Waals surface area contributed by atoms with Gasteiger partial charge in [0, 0.05) is 6.42 Å². The minimum absolute atomic E-state index is 0.0302. The fourth-order valence-corrected chi connectivity index (χ4v) is 4.42. The van der Waals surface area contributed by atoms with E-state index in [-0.39, 0.29) is 25.0 Å². The van der Waals surface area contributed by atoms with Gasteiger partial charge in [-0.3, -0.25) is 9.79 Å². The Morgan fingerprint density at radius 1 is 1.03 bits per heavy atom. The quantitative estimate of drug-likeness (QED) is 0.475. The van der Waals surface area contributed by atoms with E-state index in [1.54, 1.807) is 35.2 Å². The molecule has 38 heavy (non-hydrogen) atoms. The van der Waals surface area contributed by atoms with Crippen molar-refractivity contribution < 1.29 is 28.6 Å². The second kappa shape index (κ2) is 11.0. The first kappa shape index (κ1) is 25.3. The summed E-state index contributed by atoms with van der Waals surface area (Å²) in [6.45, 7) is 4.17. The number of carbonyl (C=O) groups excluding carboxylic acids is 3. The van der Waals surface area contributed by atoms with Crippen molar-refractivity contribution in [2.45, 2.75) is 45.1 Å². The van der Waals surface area contributed by atoms with Gasteiger partial charge in [-0.25, -0.2) is 14.6 Å². The predicted octanol–water partition coefficient (Wildman–Crippen LogP) is 3.38. The normalized spacial score (nSPS) is 20.4. The third-order valence-corrected chi connectivity index (χ3v) is 6.52. The number of hydrogen-bond donors (Lipinski definition) is 1. The highest BCUT2D eigenvalue weighted by molar-refractivity contribution is 6.04. The zero-order chi connectivity index (χ0) is 26.6. The molecule has 0 spiro atoms. The van der Waals surface area contributed by atoms with Gasteiger partial charge in [0.25, 0.3) is 0 Å². The molecule has 3 aromatic rings. The minimum atomic E-state index is -0.665. The van der Waals surface area contributed by atoms with Crippen molar-refractivity contribution in [3.05, 3.63) is 82.8 Å². The van der Waals surface area contributed by atoms with Gasteiger partial charge >= 0.3 is 11.9 Å². The summed E-state index contributed by atoms with van der Waals surface area (Å²) in [4.78, 5) is 46.0. The first-order valence-corrected chi connectivity index (χ1v) is 12.4. The third kappa shape index (κ3) is 5.65. The van der Waals surface area contributed by atoms with Gasteiger partial charge in [0.05, 0.1) is 36.4 Å². The number of nitrogens with one attached hydrogen (secondary N) is 1. The maximum Gasteiger partial charge on any atom is 0.338 e. The van der Waals surface area contributed by atoms with Crippen LogP contribution in [0, 0.1) is 13.8 Å². The van der Waals surface area contributed by atoms with Crippen LogP contribution in [0.3, 0.4) is 0 Å². The molecule has 0 saturated carbocycles. The number of aryl methyl sites for hydroxylation is 2. The average molecular weight is 517 g/mol. The number of aliphatic imine (C=N–C) groups is 1. The third-order valence-electron chi connectivity index (χ3n) is 6.52. The van der Waals surface area contributed by atoms with Gasteiger partial charge in [0.15, 0.2) is 5.69 Å². The number of ether oxygens (including phenoxy) is 3. The molecule has 3 atom stereocenters. The summed E-state index contributed by atoms with van der Waals surface area (Å²) in [5.74, 6) is -0.614. The van der Waals surface area contributed by atoms with Crippen LogP contribution in [0.5, 0.6) is 0 Å². The number of imidazole rings is 1. The second-order valence-corrected chi connectivity index (χ2v) is 9.44. The topological polar surface area (TPSA) is 121 Å². The lowest BCUT2D eigenvalue weighted by atomic mass is 10.1. The van der Waals surface area contributed by atoms with Crippen molar-refractivity contribution in [3.8, 4) is 0 Å². The van der Waals surface area contributed by atoms with Crippen LogP contribution in [0.15, 0.2) is 59.9 Å². The van der Waals surface area contributed by atoms with Gasteiger partial charge in [-0.05, 0) is 38.1 Å². The average Bonchev–Trinajstić information content (AvgIpc) is 3.43. The van der Waals surface area contributed by atoms with Gasteiger partial charge in [-0.2, -0.15) is 0 Å². The number of aromatic nitrogens is 2. The van der Waals surface area contributed by atoms with E-state index in [2.05, 4.69) is 15.3 Å². The van der Waals surface area contributed by atoms with E-state index in [1.165, 1.54) is 6.34 Å². The predicted molar refractivity (Wildman–Crippen MR) is 139 cm³/mol. The monoisotopic (exact) mass is 516 g/mol. The molecule has 2 aliphatic rings. The maximum atomic E-state index is 12.9. The van der Waals surface area contributed by atoms with E-state index in [0.29, 0.717) is 35.6 Å². The summed E-state index contributed by atoms with van der Waals surface area (Å²) in [6.07, 6.45) is 1.72. The van der Waals surface area contributed by atoms with Gasteiger partial charge in [0.2, 0.25) is 5.78 Å². The Morgan fingerprint density at radius 3 is 2.37 bits per heavy atom. The fraction of sp³-hybridized carbons (Fsp3) is 0.321. The number of nitrogens with zero attached hydrogens (tertiary/aromatic N) is 3.